The molecule has 0 saturated heterocycles. The number of fused-ring (bicyclic) bond motifs is 1. The lowest BCUT2D eigenvalue weighted by atomic mass is 10.2. The zero-order chi connectivity index (χ0) is 16.3. The normalized spacial score (nSPS) is 13.2. The topological polar surface area (TPSA) is 47.4 Å². The quantitative estimate of drug-likeness (QED) is 0.661. The minimum atomic E-state index is -1.14. The third kappa shape index (κ3) is 4.29. The Hall–Kier alpha value is -0.470. The van der Waals surface area contributed by atoms with Crippen molar-refractivity contribution in [2.24, 2.45) is 7.05 Å². The van der Waals surface area contributed by atoms with Gasteiger partial charge in [0.2, 0.25) is 0 Å². The van der Waals surface area contributed by atoms with E-state index < -0.39 is 10.8 Å². The molecule has 0 amide bonds. The lowest BCUT2D eigenvalue weighted by molar-refractivity contribution is 0.131. The van der Waals surface area contributed by atoms with E-state index in [0.29, 0.717) is 33.5 Å². The van der Waals surface area contributed by atoms with Gasteiger partial charge in [0.15, 0.2) is 0 Å². The molecule has 0 spiro atoms. The summed E-state index contributed by atoms with van der Waals surface area (Å²) in [5, 5.41) is 5.69. The van der Waals surface area contributed by atoms with Crippen molar-refractivity contribution in [3.05, 3.63) is 21.8 Å². The SMILES string of the molecule is CN(C)CCOCCS(=O)c1cc(Cl)c2c(c1)c(Br)nn2C. The number of aromatic nitrogens is 2. The molecular weight excluding hydrogens is 390 g/mol. The van der Waals surface area contributed by atoms with Crippen LogP contribution in [0, 0.1) is 0 Å². The maximum Gasteiger partial charge on any atom is 0.136 e. The van der Waals surface area contributed by atoms with Gasteiger partial charge in [-0.1, -0.05) is 11.6 Å². The number of ether oxygens (including phenoxy) is 1. The molecule has 1 aromatic carbocycles. The summed E-state index contributed by atoms with van der Waals surface area (Å²) in [5.74, 6) is 0.452. The summed E-state index contributed by atoms with van der Waals surface area (Å²) in [6.45, 7) is 1.95. The van der Waals surface area contributed by atoms with Crippen molar-refractivity contribution < 1.29 is 8.95 Å². The number of halogens is 2. The molecule has 1 atom stereocenters. The Kier molecular flexibility index (Phi) is 6.40. The first-order chi connectivity index (χ1) is 10.4. The Balaban J connectivity index is 2.04. The predicted molar refractivity (Wildman–Crippen MR) is 94.1 cm³/mol. The predicted octanol–water partition coefficient (Wildman–Crippen LogP) is 2.68. The second kappa shape index (κ2) is 7.88. The molecule has 0 radical (unpaired) electrons. The van der Waals surface area contributed by atoms with Crippen LogP contribution in [0.15, 0.2) is 21.6 Å². The Morgan fingerprint density at radius 3 is 2.82 bits per heavy atom. The van der Waals surface area contributed by atoms with Crippen LogP contribution < -0.4 is 0 Å². The molecule has 0 aliphatic rings. The van der Waals surface area contributed by atoms with Gasteiger partial charge in [0.05, 0.1) is 40.3 Å². The van der Waals surface area contributed by atoms with Gasteiger partial charge < -0.3 is 9.64 Å². The highest BCUT2D eigenvalue weighted by Crippen LogP contribution is 2.31. The molecule has 122 valence electrons. The molecule has 1 aromatic heterocycles. The molecule has 0 N–H and O–H groups in total. The second-order valence-electron chi connectivity index (χ2n) is 5.18. The molecule has 22 heavy (non-hydrogen) atoms. The molecule has 0 saturated carbocycles. The lowest BCUT2D eigenvalue weighted by Gasteiger charge is -2.10. The molecule has 0 aliphatic carbocycles. The molecule has 8 heteroatoms. The van der Waals surface area contributed by atoms with E-state index in [0.717, 1.165) is 17.4 Å². The van der Waals surface area contributed by atoms with Gasteiger partial charge in [0, 0.05) is 23.9 Å². The summed E-state index contributed by atoms with van der Waals surface area (Å²) in [5.41, 5.74) is 0.830. The first-order valence-corrected chi connectivity index (χ1v) is 9.31. The largest absolute Gasteiger partial charge is 0.379 e. The third-order valence-electron chi connectivity index (χ3n) is 3.18. The van der Waals surface area contributed by atoms with Crippen LogP contribution in [0.5, 0.6) is 0 Å². The highest BCUT2D eigenvalue weighted by atomic mass is 79.9. The van der Waals surface area contributed by atoms with Gasteiger partial charge in [-0.25, -0.2) is 0 Å². The molecule has 1 heterocycles. The van der Waals surface area contributed by atoms with Gasteiger partial charge in [-0.15, -0.1) is 0 Å². The molecular formula is C14H19BrClN3O2S. The fourth-order valence-electron chi connectivity index (χ4n) is 2.03. The summed E-state index contributed by atoms with van der Waals surface area (Å²) in [4.78, 5) is 2.74. The van der Waals surface area contributed by atoms with Gasteiger partial charge in [0.1, 0.15) is 4.60 Å². The van der Waals surface area contributed by atoms with E-state index in [-0.39, 0.29) is 0 Å². The fourth-order valence-corrected chi connectivity index (χ4v) is 3.98. The molecule has 2 rings (SSSR count). The van der Waals surface area contributed by atoms with Gasteiger partial charge in [0.25, 0.3) is 0 Å². The van der Waals surface area contributed by atoms with Gasteiger partial charge in [-0.3, -0.25) is 8.89 Å². The van der Waals surface area contributed by atoms with E-state index in [1.165, 1.54) is 0 Å². The van der Waals surface area contributed by atoms with Gasteiger partial charge >= 0.3 is 0 Å². The van der Waals surface area contributed by atoms with E-state index in [2.05, 4.69) is 21.0 Å². The number of nitrogens with zero attached hydrogens (tertiary/aromatic N) is 3. The van der Waals surface area contributed by atoms with E-state index in [4.69, 9.17) is 16.3 Å². The van der Waals surface area contributed by atoms with Crippen LogP contribution in [0.4, 0.5) is 0 Å². The van der Waals surface area contributed by atoms with Crippen LogP contribution in [0.2, 0.25) is 5.02 Å². The lowest BCUT2D eigenvalue weighted by Crippen LogP contribution is -2.19. The van der Waals surface area contributed by atoms with Crippen LogP contribution in [0.1, 0.15) is 0 Å². The minimum absolute atomic E-state index is 0.452. The molecule has 5 nitrogen and oxygen atoms in total. The zero-order valence-electron chi connectivity index (χ0n) is 12.8. The van der Waals surface area contributed by atoms with Crippen LogP contribution >= 0.6 is 27.5 Å². The van der Waals surface area contributed by atoms with Crippen molar-refractivity contribution in [1.29, 1.82) is 0 Å². The monoisotopic (exact) mass is 407 g/mol. The molecule has 0 fully saturated rings. The van der Waals surface area contributed by atoms with Crippen LogP contribution in [0.3, 0.4) is 0 Å². The van der Waals surface area contributed by atoms with E-state index in [1.54, 1.807) is 10.7 Å². The van der Waals surface area contributed by atoms with E-state index in [9.17, 15) is 4.21 Å². The van der Waals surface area contributed by atoms with E-state index in [1.807, 2.05) is 32.1 Å². The number of hydrogen-bond acceptors (Lipinski definition) is 4. The molecule has 1 unspecified atom stereocenters. The Bertz CT molecular complexity index is 690. The number of hydrogen-bond donors (Lipinski definition) is 0. The average Bonchev–Trinajstić information content (AvgIpc) is 2.73. The van der Waals surface area contributed by atoms with Crippen molar-refractivity contribution in [2.45, 2.75) is 4.90 Å². The molecule has 2 aromatic rings. The standard InChI is InChI=1S/C14H19BrClN3O2S/c1-18(2)4-5-21-6-7-22(20)10-8-11-13(12(16)9-10)19(3)17-14(11)15/h8-9H,4-7H2,1-3H3. The second-order valence-corrected chi connectivity index (χ2v) is 7.91. The number of likely N-dealkylation sites (N-methyl/N-ethyl adjacent to an activating group) is 1. The minimum Gasteiger partial charge on any atom is -0.379 e. The summed E-state index contributed by atoms with van der Waals surface area (Å²) < 4.78 is 20.3. The van der Waals surface area contributed by atoms with E-state index >= 15 is 0 Å². The fraction of sp³-hybridized carbons (Fsp3) is 0.500. The number of rotatable bonds is 7. The Morgan fingerprint density at radius 1 is 1.41 bits per heavy atom. The molecule has 0 aliphatic heterocycles. The highest BCUT2D eigenvalue weighted by Gasteiger charge is 2.14. The summed E-state index contributed by atoms with van der Waals surface area (Å²) in [6.07, 6.45) is 0. The third-order valence-corrected chi connectivity index (χ3v) is 5.35. The van der Waals surface area contributed by atoms with Crippen molar-refractivity contribution in [2.75, 3.05) is 39.6 Å². The zero-order valence-corrected chi connectivity index (χ0v) is 16.0. The smallest absolute Gasteiger partial charge is 0.136 e. The van der Waals surface area contributed by atoms with Crippen LogP contribution in [-0.4, -0.2) is 58.5 Å². The first-order valence-electron chi connectivity index (χ1n) is 6.82. The number of aryl methyl sites for hydroxylation is 1. The van der Waals surface area contributed by atoms with Crippen molar-refractivity contribution >= 4 is 49.2 Å². The van der Waals surface area contributed by atoms with Crippen LogP contribution in [-0.2, 0) is 22.6 Å². The Morgan fingerprint density at radius 2 is 2.14 bits per heavy atom. The van der Waals surface area contributed by atoms with Crippen molar-refractivity contribution in [3.8, 4) is 0 Å². The highest BCUT2D eigenvalue weighted by molar-refractivity contribution is 9.10. The summed E-state index contributed by atoms with van der Waals surface area (Å²) in [6, 6.07) is 3.61. The van der Waals surface area contributed by atoms with Crippen LogP contribution in [0.25, 0.3) is 10.9 Å². The first kappa shape index (κ1) is 17.9. The maximum atomic E-state index is 12.4. The summed E-state index contributed by atoms with van der Waals surface area (Å²) >= 11 is 9.69. The summed E-state index contributed by atoms with van der Waals surface area (Å²) in [7, 11) is 4.66. The Labute approximate surface area is 146 Å². The van der Waals surface area contributed by atoms with Gasteiger partial charge in [-0.2, -0.15) is 5.10 Å². The molecule has 0 bridgehead atoms. The van der Waals surface area contributed by atoms with Crippen molar-refractivity contribution in [3.63, 3.8) is 0 Å². The van der Waals surface area contributed by atoms with Gasteiger partial charge in [-0.05, 0) is 42.2 Å². The van der Waals surface area contributed by atoms with Crippen molar-refractivity contribution in [1.82, 2.24) is 14.7 Å². The average molecular weight is 409 g/mol. The number of benzene rings is 1. The maximum absolute atomic E-state index is 12.4.